The summed E-state index contributed by atoms with van der Waals surface area (Å²) in [6.45, 7) is 9.03. The number of anilines is 1. The van der Waals surface area contributed by atoms with Gasteiger partial charge >= 0.3 is 0 Å². The normalized spacial score (nSPS) is 11.2. The molecule has 0 saturated carbocycles. The summed E-state index contributed by atoms with van der Waals surface area (Å²) in [6, 6.07) is 11.5. The Bertz CT molecular complexity index is 1250. The Morgan fingerprint density at radius 2 is 1.93 bits per heavy atom. The SMILES string of the molecule is CCc1cccc(C)c1CNc1cc(-n2ncccc2=O)cn2c(C)c(C)nc12. The van der Waals surface area contributed by atoms with Crippen LogP contribution in [0.3, 0.4) is 0 Å². The van der Waals surface area contributed by atoms with Crippen LogP contribution in [0, 0.1) is 20.8 Å². The molecule has 0 aliphatic heterocycles. The number of aryl methyl sites for hydroxylation is 4. The Kier molecular flexibility index (Phi) is 4.92. The van der Waals surface area contributed by atoms with Gasteiger partial charge in [0, 0.05) is 30.7 Å². The van der Waals surface area contributed by atoms with Crippen LogP contribution in [-0.2, 0) is 13.0 Å². The Morgan fingerprint density at radius 1 is 1.10 bits per heavy atom. The van der Waals surface area contributed by atoms with Crippen LogP contribution in [0.4, 0.5) is 5.69 Å². The standard InChI is InChI=1S/C23H25N5O/c1-5-18-9-6-8-15(2)20(18)13-24-21-12-19(28-22(29)10-7-11-25-28)14-27-17(4)16(3)26-23(21)27/h6-12,14,24H,5,13H2,1-4H3. The van der Waals surface area contributed by atoms with E-state index in [9.17, 15) is 4.79 Å². The zero-order valence-electron chi connectivity index (χ0n) is 17.2. The maximum absolute atomic E-state index is 12.3. The highest BCUT2D eigenvalue weighted by atomic mass is 16.1. The van der Waals surface area contributed by atoms with Crippen molar-refractivity contribution in [2.24, 2.45) is 0 Å². The average molecular weight is 387 g/mol. The van der Waals surface area contributed by atoms with E-state index in [2.05, 4.69) is 42.5 Å². The Balaban J connectivity index is 1.83. The van der Waals surface area contributed by atoms with Gasteiger partial charge in [-0.15, -0.1) is 0 Å². The number of nitrogens with one attached hydrogen (secondary N) is 1. The van der Waals surface area contributed by atoms with Crippen LogP contribution in [0.2, 0.25) is 0 Å². The summed E-state index contributed by atoms with van der Waals surface area (Å²) in [5.41, 5.74) is 8.16. The zero-order chi connectivity index (χ0) is 20.5. The molecule has 6 nitrogen and oxygen atoms in total. The van der Waals surface area contributed by atoms with Crippen molar-refractivity contribution in [1.82, 2.24) is 19.2 Å². The van der Waals surface area contributed by atoms with Crippen LogP contribution in [0.1, 0.15) is 35.0 Å². The van der Waals surface area contributed by atoms with Gasteiger partial charge in [-0.3, -0.25) is 4.79 Å². The molecule has 1 N–H and O–H groups in total. The molecular formula is C23H25N5O. The van der Waals surface area contributed by atoms with E-state index in [1.54, 1.807) is 12.3 Å². The molecule has 148 valence electrons. The molecule has 0 bridgehead atoms. The third-order valence-electron chi connectivity index (χ3n) is 5.49. The van der Waals surface area contributed by atoms with E-state index in [-0.39, 0.29) is 5.56 Å². The third-order valence-corrected chi connectivity index (χ3v) is 5.49. The number of fused-ring (bicyclic) bond motifs is 1. The van der Waals surface area contributed by atoms with Crippen LogP contribution < -0.4 is 10.9 Å². The number of pyridine rings is 1. The fourth-order valence-corrected chi connectivity index (χ4v) is 3.69. The van der Waals surface area contributed by atoms with Gasteiger partial charge in [0.25, 0.3) is 5.56 Å². The van der Waals surface area contributed by atoms with E-state index < -0.39 is 0 Å². The van der Waals surface area contributed by atoms with Crippen molar-refractivity contribution in [3.05, 3.63) is 87.2 Å². The lowest BCUT2D eigenvalue weighted by Gasteiger charge is -2.15. The number of rotatable bonds is 5. The van der Waals surface area contributed by atoms with Crippen LogP contribution in [0.25, 0.3) is 11.3 Å². The van der Waals surface area contributed by atoms with E-state index in [1.807, 2.05) is 30.5 Å². The smallest absolute Gasteiger partial charge is 0.271 e. The first-order valence-electron chi connectivity index (χ1n) is 9.85. The molecule has 0 amide bonds. The molecule has 0 atom stereocenters. The summed E-state index contributed by atoms with van der Waals surface area (Å²) in [6.07, 6.45) is 4.51. The van der Waals surface area contributed by atoms with Crippen LogP contribution in [-0.4, -0.2) is 19.2 Å². The molecule has 1 aromatic carbocycles. The topological polar surface area (TPSA) is 64.2 Å². The predicted molar refractivity (Wildman–Crippen MR) is 116 cm³/mol. The summed E-state index contributed by atoms with van der Waals surface area (Å²) in [7, 11) is 0. The van der Waals surface area contributed by atoms with Crippen LogP contribution in [0.5, 0.6) is 0 Å². The molecule has 0 spiro atoms. The molecule has 0 aliphatic rings. The van der Waals surface area contributed by atoms with Gasteiger partial charge in [-0.1, -0.05) is 25.1 Å². The predicted octanol–water partition coefficient (Wildman–Crippen LogP) is 3.98. The molecule has 0 saturated heterocycles. The summed E-state index contributed by atoms with van der Waals surface area (Å²) >= 11 is 0. The maximum Gasteiger partial charge on any atom is 0.271 e. The lowest BCUT2D eigenvalue weighted by molar-refractivity contribution is 0.799. The van der Waals surface area contributed by atoms with Crippen LogP contribution in [0.15, 0.2) is 53.6 Å². The highest BCUT2D eigenvalue weighted by Crippen LogP contribution is 2.25. The Morgan fingerprint density at radius 3 is 2.69 bits per heavy atom. The largest absolute Gasteiger partial charge is 0.378 e. The second kappa shape index (κ2) is 7.54. The molecule has 4 aromatic rings. The third kappa shape index (κ3) is 3.42. The minimum Gasteiger partial charge on any atom is -0.378 e. The lowest BCUT2D eigenvalue weighted by atomic mass is 10.00. The minimum absolute atomic E-state index is 0.167. The van der Waals surface area contributed by atoms with Crippen molar-refractivity contribution in [2.45, 2.75) is 40.7 Å². The van der Waals surface area contributed by atoms with Crippen molar-refractivity contribution in [1.29, 1.82) is 0 Å². The number of hydrogen-bond donors (Lipinski definition) is 1. The van der Waals surface area contributed by atoms with Gasteiger partial charge in [-0.25, -0.2) is 4.98 Å². The number of nitrogens with zero attached hydrogens (tertiary/aromatic N) is 4. The van der Waals surface area contributed by atoms with Crippen molar-refractivity contribution in [3.63, 3.8) is 0 Å². The molecule has 0 unspecified atom stereocenters. The van der Waals surface area contributed by atoms with Crippen molar-refractivity contribution < 1.29 is 0 Å². The lowest BCUT2D eigenvalue weighted by Crippen LogP contribution is -2.20. The Hall–Kier alpha value is -3.41. The zero-order valence-corrected chi connectivity index (χ0v) is 17.2. The molecule has 3 aromatic heterocycles. The van der Waals surface area contributed by atoms with Gasteiger partial charge in [0.1, 0.15) is 0 Å². The van der Waals surface area contributed by atoms with Gasteiger partial charge < -0.3 is 9.72 Å². The highest BCUT2D eigenvalue weighted by molar-refractivity contribution is 5.71. The first kappa shape index (κ1) is 18.9. The molecule has 29 heavy (non-hydrogen) atoms. The van der Waals surface area contributed by atoms with Crippen LogP contribution >= 0.6 is 0 Å². The van der Waals surface area contributed by atoms with Gasteiger partial charge in [0.15, 0.2) is 5.65 Å². The van der Waals surface area contributed by atoms with Crippen molar-refractivity contribution in [2.75, 3.05) is 5.32 Å². The van der Waals surface area contributed by atoms with E-state index in [0.717, 1.165) is 29.1 Å². The maximum atomic E-state index is 12.3. The summed E-state index contributed by atoms with van der Waals surface area (Å²) in [5, 5.41) is 7.80. The Labute approximate surface area is 169 Å². The van der Waals surface area contributed by atoms with Crippen molar-refractivity contribution in [3.8, 4) is 5.69 Å². The van der Waals surface area contributed by atoms with Gasteiger partial charge in [0.05, 0.1) is 17.1 Å². The second-order valence-electron chi connectivity index (χ2n) is 7.28. The first-order valence-corrected chi connectivity index (χ1v) is 9.85. The fraction of sp³-hybridized carbons (Fsp3) is 0.261. The monoisotopic (exact) mass is 387 g/mol. The minimum atomic E-state index is -0.167. The summed E-state index contributed by atoms with van der Waals surface area (Å²) in [5.74, 6) is 0. The fourth-order valence-electron chi connectivity index (χ4n) is 3.69. The van der Waals surface area contributed by atoms with E-state index in [1.165, 1.54) is 27.4 Å². The van der Waals surface area contributed by atoms with Gasteiger partial charge in [-0.05, 0) is 56.0 Å². The quantitative estimate of drug-likeness (QED) is 0.563. The number of benzene rings is 1. The molecule has 0 aliphatic carbocycles. The second-order valence-corrected chi connectivity index (χ2v) is 7.28. The first-order chi connectivity index (χ1) is 14.0. The van der Waals surface area contributed by atoms with Gasteiger partial charge in [-0.2, -0.15) is 9.78 Å². The average Bonchev–Trinajstić information content (AvgIpc) is 3.01. The number of hydrogen-bond acceptors (Lipinski definition) is 4. The van der Waals surface area contributed by atoms with E-state index >= 15 is 0 Å². The van der Waals surface area contributed by atoms with Crippen molar-refractivity contribution >= 4 is 11.3 Å². The van der Waals surface area contributed by atoms with Gasteiger partial charge in [0.2, 0.25) is 0 Å². The molecule has 3 heterocycles. The number of aromatic nitrogens is 4. The van der Waals surface area contributed by atoms with E-state index in [4.69, 9.17) is 4.98 Å². The number of imidazole rings is 1. The summed E-state index contributed by atoms with van der Waals surface area (Å²) < 4.78 is 3.43. The van der Waals surface area contributed by atoms with E-state index in [0.29, 0.717) is 12.2 Å². The molecular weight excluding hydrogens is 362 g/mol. The summed E-state index contributed by atoms with van der Waals surface area (Å²) in [4.78, 5) is 17.1. The molecule has 0 radical (unpaired) electrons. The molecule has 4 rings (SSSR count). The highest BCUT2D eigenvalue weighted by Gasteiger charge is 2.14. The molecule has 6 heteroatoms. The molecule has 0 fully saturated rings.